The molecule has 0 aromatic carbocycles. The molecule has 1 atom stereocenters. The van der Waals surface area contributed by atoms with Gasteiger partial charge < -0.3 is 16.2 Å². The molecule has 0 saturated carbocycles. The van der Waals surface area contributed by atoms with Crippen LogP contribution in [0.4, 0.5) is 0 Å². The van der Waals surface area contributed by atoms with E-state index in [0.29, 0.717) is 0 Å². The zero-order valence-corrected chi connectivity index (χ0v) is 7.40. The molecule has 0 aromatic heterocycles. The van der Waals surface area contributed by atoms with Gasteiger partial charge in [-0.3, -0.25) is 9.59 Å². The topological polar surface area (TPSA) is 109 Å². The lowest BCUT2D eigenvalue weighted by molar-refractivity contribution is -0.151. The van der Waals surface area contributed by atoms with Crippen LogP contribution in [0.15, 0.2) is 0 Å². The average Bonchev–Trinajstić information content (AvgIpc) is 1.97. The molecule has 4 N–H and O–H groups in total. The van der Waals surface area contributed by atoms with Crippen LogP contribution in [0.2, 0.25) is 0 Å². The largest absolute Gasteiger partial charge is 0.474 e. The quantitative estimate of drug-likeness (QED) is 0.478. The second-order valence-corrected chi connectivity index (χ2v) is 2.90. The molecule has 13 heavy (non-hydrogen) atoms. The molecule has 0 aromatic rings. The lowest BCUT2D eigenvalue weighted by Crippen LogP contribution is -2.49. The molecule has 1 unspecified atom stereocenters. The van der Waals surface area contributed by atoms with Crippen molar-refractivity contribution < 1.29 is 19.5 Å². The zero-order chi connectivity index (χ0) is 10.6. The van der Waals surface area contributed by atoms with E-state index in [9.17, 15) is 14.4 Å². The van der Waals surface area contributed by atoms with Gasteiger partial charge in [0, 0.05) is 0 Å². The number of carbonyl (C=O) groups is 3. The molecule has 0 aliphatic heterocycles. The van der Waals surface area contributed by atoms with Crippen molar-refractivity contribution in [3.63, 3.8) is 0 Å². The maximum Gasteiger partial charge on any atom is 0.394 e. The minimum Gasteiger partial charge on any atom is -0.474 e. The predicted octanol–water partition coefficient (Wildman–Crippen LogP) is -1.30. The second-order valence-electron chi connectivity index (χ2n) is 2.90. The maximum absolute atomic E-state index is 10.7. The molecule has 0 rings (SSSR count). The lowest BCUT2D eigenvalue weighted by Gasteiger charge is -2.17. The molecule has 0 bridgehead atoms. The predicted molar refractivity (Wildman–Crippen MR) is 43.6 cm³/mol. The third kappa shape index (κ3) is 3.55. The molecule has 0 aliphatic rings. The van der Waals surface area contributed by atoms with Gasteiger partial charge in [0.1, 0.15) is 6.04 Å². The van der Waals surface area contributed by atoms with E-state index in [2.05, 4.69) is 0 Å². The molecule has 74 valence electrons. The van der Waals surface area contributed by atoms with E-state index in [0.717, 1.165) is 0 Å². The summed E-state index contributed by atoms with van der Waals surface area (Å²) in [7, 11) is 0. The summed E-state index contributed by atoms with van der Waals surface area (Å²) in [5.41, 5.74) is 4.94. The van der Waals surface area contributed by atoms with Crippen LogP contribution in [0, 0.1) is 5.92 Å². The first-order valence-corrected chi connectivity index (χ1v) is 3.69. The Morgan fingerprint density at radius 1 is 1.31 bits per heavy atom. The van der Waals surface area contributed by atoms with Gasteiger partial charge in [-0.2, -0.15) is 0 Å². The molecule has 0 saturated heterocycles. The van der Waals surface area contributed by atoms with Gasteiger partial charge in [0.25, 0.3) is 0 Å². The van der Waals surface area contributed by atoms with Crippen LogP contribution in [0.25, 0.3) is 0 Å². The average molecular weight is 188 g/mol. The van der Waals surface area contributed by atoms with Crippen molar-refractivity contribution in [2.75, 3.05) is 0 Å². The summed E-state index contributed by atoms with van der Waals surface area (Å²) in [5, 5.41) is 10.2. The van der Waals surface area contributed by atoms with E-state index in [-0.39, 0.29) is 5.92 Å². The molecular formula is C7H12N2O4. The number of aliphatic carboxylic acids is 1. The van der Waals surface area contributed by atoms with E-state index >= 15 is 0 Å². The van der Waals surface area contributed by atoms with Crippen molar-refractivity contribution in [3.05, 3.63) is 0 Å². The lowest BCUT2D eigenvalue weighted by atomic mass is 10.0. The van der Waals surface area contributed by atoms with Crippen LogP contribution in [0.5, 0.6) is 0 Å². The highest BCUT2D eigenvalue weighted by atomic mass is 16.4. The van der Waals surface area contributed by atoms with Crippen molar-refractivity contribution >= 4 is 17.8 Å². The molecule has 0 spiro atoms. The van der Waals surface area contributed by atoms with Crippen LogP contribution in [0.3, 0.4) is 0 Å². The standard InChI is InChI=1S/C7H12N2O4/c1-3(2)4(5(8)10)9-6(11)7(12)13/h3-4H,1-2H3,(H2,8,10)(H,9,11)(H,12,13). The number of carboxylic acids is 1. The van der Waals surface area contributed by atoms with E-state index in [1.807, 2.05) is 5.32 Å². The van der Waals surface area contributed by atoms with Crippen molar-refractivity contribution in [2.45, 2.75) is 19.9 Å². The number of carboxylic acid groups (broad SMARTS) is 1. The van der Waals surface area contributed by atoms with E-state index < -0.39 is 23.8 Å². The number of primary amides is 1. The van der Waals surface area contributed by atoms with Gasteiger partial charge in [-0.05, 0) is 5.92 Å². The van der Waals surface area contributed by atoms with Gasteiger partial charge >= 0.3 is 11.9 Å². The Kier molecular flexibility index (Phi) is 3.90. The number of hydrogen-bond acceptors (Lipinski definition) is 3. The summed E-state index contributed by atoms with van der Waals surface area (Å²) in [6.07, 6.45) is 0. The first-order valence-electron chi connectivity index (χ1n) is 3.69. The van der Waals surface area contributed by atoms with Gasteiger partial charge in [0.2, 0.25) is 5.91 Å². The highest BCUT2D eigenvalue weighted by Gasteiger charge is 2.24. The summed E-state index contributed by atoms with van der Waals surface area (Å²) in [6.45, 7) is 3.30. The summed E-state index contributed by atoms with van der Waals surface area (Å²) >= 11 is 0. The summed E-state index contributed by atoms with van der Waals surface area (Å²) < 4.78 is 0. The first-order chi connectivity index (χ1) is 5.86. The third-order valence-corrected chi connectivity index (χ3v) is 1.45. The second kappa shape index (κ2) is 4.44. The number of nitrogens with two attached hydrogens (primary N) is 1. The summed E-state index contributed by atoms with van der Waals surface area (Å²) in [4.78, 5) is 31.5. The molecule has 0 radical (unpaired) electrons. The van der Waals surface area contributed by atoms with Gasteiger partial charge in [-0.25, -0.2) is 4.79 Å². The van der Waals surface area contributed by atoms with E-state index in [1.165, 1.54) is 0 Å². The summed E-state index contributed by atoms with van der Waals surface area (Å²) in [5.74, 6) is -3.84. The van der Waals surface area contributed by atoms with Crippen molar-refractivity contribution in [3.8, 4) is 0 Å². The van der Waals surface area contributed by atoms with Crippen molar-refractivity contribution in [1.29, 1.82) is 0 Å². The third-order valence-electron chi connectivity index (χ3n) is 1.45. The Bertz CT molecular complexity index is 237. The van der Waals surface area contributed by atoms with Crippen molar-refractivity contribution in [2.24, 2.45) is 11.7 Å². The number of rotatable bonds is 3. The van der Waals surface area contributed by atoms with E-state index in [4.69, 9.17) is 10.8 Å². The SMILES string of the molecule is CC(C)C(NC(=O)C(=O)O)C(N)=O. The highest BCUT2D eigenvalue weighted by Crippen LogP contribution is 1.99. The molecule has 2 amide bonds. The Labute approximate surface area is 75.1 Å². The molecule has 0 heterocycles. The smallest absolute Gasteiger partial charge is 0.394 e. The monoisotopic (exact) mass is 188 g/mol. The van der Waals surface area contributed by atoms with Gasteiger partial charge in [0.05, 0.1) is 0 Å². The Balaban J connectivity index is 4.36. The van der Waals surface area contributed by atoms with Crippen LogP contribution in [-0.4, -0.2) is 28.9 Å². The minimum atomic E-state index is -1.63. The molecule has 0 fully saturated rings. The zero-order valence-electron chi connectivity index (χ0n) is 7.40. The fourth-order valence-corrected chi connectivity index (χ4v) is 0.769. The molecular weight excluding hydrogens is 176 g/mol. The van der Waals surface area contributed by atoms with Crippen molar-refractivity contribution in [1.82, 2.24) is 5.32 Å². The maximum atomic E-state index is 10.7. The fraction of sp³-hybridized carbons (Fsp3) is 0.571. The normalized spacial score (nSPS) is 12.2. The van der Waals surface area contributed by atoms with Crippen LogP contribution in [0.1, 0.15) is 13.8 Å². The van der Waals surface area contributed by atoms with Crippen LogP contribution < -0.4 is 11.1 Å². The number of nitrogens with one attached hydrogen (secondary N) is 1. The van der Waals surface area contributed by atoms with Gasteiger partial charge in [-0.1, -0.05) is 13.8 Å². The molecule has 0 aliphatic carbocycles. The highest BCUT2D eigenvalue weighted by molar-refractivity contribution is 6.32. The molecule has 6 nitrogen and oxygen atoms in total. The Hall–Kier alpha value is -1.59. The number of amides is 2. The number of carbonyl (C=O) groups excluding carboxylic acids is 2. The van der Waals surface area contributed by atoms with Gasteiger partial charge in [-0.15, -0.1) is 0 Å². The van der Waals surface area contributed by atoms with Crippen LogP contribution in [-0.2, 0) is 14.4 Å². The molecule has 6 heteroatoms. The Morgan fingerprint density at radius 3 is 2.00 bits per heavy atom. The van der Waals surface area contributed by atoms with Gasteiger partial charge in [0.15, 0.2) is 0 Å². The first kappa shape index (κ1) is 11.4. The minimum absolute atomic E-state index is 0.235. The fourth-order valence-electron chi connectivity index (χ4n) is 0.769. The van der Waals surface area contributed by atoms with E-state index in [1.54, 1.807) is 13.8 Å². The summed E-state index contributed by atoms with van der Waals surface area (Å²) in [6, 6.07) is -0.941. The number of hydrogen-bond donors (Lipinski definition) is 3. The van der Waals surface area contributed by atoms with Crippen LogP contribution >= 0.6 is 0 Å². The Morgan fingerprint density at radius 2 is 1.77 bits per heavy atom.